The van der Waals surface area contributed by atoms with Crippen LogP contribution in [-0.4, -0.2) is 6.21 Å². The Hall–Kier alpha value is -1.34. The number of hydrogen-bond acceptors (Lipinski definition) is 1. The number of para-hydroxylation sites is 1. The lowest BCUT2D eigenvalue weighted by molar-refractivity contribution is 0.799. The van der Waals surface area contributed by atoms with E-state index >= 15 is 0 Å². The van der Waals surface area contributed by atoms with Gasteiger partial charge in [-0.25, -0.2) is 0 Å². The molecule has 1 aliphatic carbocycles. The molecule has 1 aromatic rings. The van der Waals surface area contributed by atoms with Crippen LogP contribution in [0, 0.1) is 0 Å². The fourth-order valence-corrected chi connectivity index (χ4v) is 2.30. The van der Waals surface area contributed by atoms with Gasteiger partial charge in [-0.2, -0.15) is 0 Å². The number of allylic oxidation sites excluding steroid dienone is 4. The van der Waals surface area contributed by atoms with E-state index in [0.29, 0.717) is 0 Å². The van der Waals surface area contributed by atoms with E-state index in [2.05, 4.69) is 11.1 Å². The highest BCUT2D eigenvalue weighted by molar-refractivity contribution is 6.33. The number of hydrogen-bond donors (Lipinski definition) is 0. The molecular weight excluding hydrogens is 230 g/mol. The summed E-state index contributed by atoms with van der Waals surface area (Å²) in [6.45, 7) is 2.04. The van der Waals surface area contributed by atoms with Crippen LogP contribution in [0.4, 0.5) is 5.69 Å². The Bertz CT molecular complexity index is 469. The predicted octanol–water partition coefficient (Wildman–Crippen LogP) is 5.01. The Morgan fingerprint density at radius 3 is 2.65 bits per heavy atom. The first-order valence-electron chi connectivity index (χ1n) is 5.94. The smallest absolute Gasteiger partial charge is 0.0629 e. The zero-order valence-electron chi connectivity index (χ0n) is 9.99. The Kier molecular flexibility index (Phi) is 4.16. The predicted molar refractivity (Wildman–Crippen MR) is 75.1 cm³/mol. The van der Waals surface area contributed by atoms with Crippen molar-refractivity contribution in [2.75, 3.05) is 0 Å². The van der Waals surface area contributed by atoms with Gasteiger partial charge in [0.1, 0.15) is 0 Å². The lowest BCUT2D eigenvalue weighted by atomic mass is 9.95. The van der Waals surface area contributed by atoms with Gasteiger partial charge >= 0.3 is 0 Å². The normalized spacial score (nSPS) is 19.3. The van der Waals surface area contributed by atoms with E-state index in [4.69, 9.17) is 11.6 Å². The van der Waals surface area contributed by atoms with Gasteiger partial charge in [-0.05, 0) is 49.5 Å². The van der Waals surface area contributed by atoms with Crippen molar-refractivity contribution in [3.8, 4) is 0 Å². The van der Waals surface area contributed by atoms with Crippen molar-refractivity contribution in [1.29, 1.82) is 0 Å². The molecule has 1 nitrogen and oxygen atoms in total. The van der Waals surface area contributed by atoms with E-state index < -0.39 is 0 Å². The van der Waals surface area contributed by atoms with Crippen LogP contribution in [0.25, 0.3) is 0 Å². The molecule has 1 aliphatic rings. The Balaban J connectivity index is 2.21. The van der Waals surface area contributed by atoms with Crippen LogP contribution in [0.15, 0.2) is 57.6 Å². The van der Waals surface area contributed by atoms with Gasteiger partial charge in [0.25, 0.3) is 0 Å². The minimum absolute atomic E-state index is 0.887. The average Bonchev–Trinajstić information content (AvgIpc) is 2.39. The van der Waals surface area contributed by atoms with E-state index in [0.717, 1.165) is 35.6 Å². The van der Waals surface area contributed by atoms with Crippen LogP contribution in [0.5, 0.6) is 0 Å². The van der Waals surface area contributed by atoms with Crippen LogP contribution in [0.3, 0.4) is 0 Å². The lowest BCUT2D eigenvalue weighted by Gasteiger charge is -2.15. The summed E-state index contributed by atoms with van der Waals surface area (Å²) in [6, 6.07) is 9.94. The van der Waals surface area contributed by atoms with E-state index in [9.17, 15) is 0 Å². The second-order valence-electron chi connectivity index (χ2n) is 4.10. The van der Waals surface area contributed by atoms with Gasteiger partial charge in [0.05, 0.1) is 5.69 Å². The molecule has 0 saturated heterocycles. The molecule has 0 bridgehead atoms. The second-order valence-corrected chi connectivity index (χ2v) is 4.48. The maximum Gasteiger partial charge on any atom is 0.0629 e. The highest BCUT2D eigenvalue weighted by Gasteiger charge is 2.13. The summed E-state index contributed by atoms with van der Waals surface area (Å²) in [6.07, 6.45) is 7.26. The zero-order chi connectivity index (χ0) is 12.1. The second kappa shape index (κ2) is 5.83. The Morgan fingerprint density at radius 1 is 1.18 bits per heavy atom. The quantitative estimate of drug-likeness (QED) is 0.650. The van der Waals surface area contributed by atoms with Gasteiger partial charge in [-0.3, -0.25) is 4.99 Å². The third kappa shape index (κ3) is 3.07. The van der Waals surface area contributed by atoms with Gasteiger partial charge in [0.2, 0.25) is 0 Å². The molecular formula is C15H16ClN. The summed E-state index contributed by atoms with van der Waals surface area (Å²) in [5.41, 5.74) is 3.36. The van der Waals surface area contributed by atoms with Gasteiger partial charge in [0, 0.05) is 11.2 Å². The van der Waals surface area contributed by atoms with Crippen LogP contribution in [0.2, 0.25) is 0 Å². The van der Waals surface area contributed by atoms with Crippen molar-refractivity contribution in [2.45, 2.75) is 26.2 Å². The highest BCUT2D eigenvalue weighted by Crippen LogP contribution is 2.31. The molecule has 0 unspecified atom stereocenters. The minimum Gasteiger partial charge on any atom is -0.257 e. The topological polar surface area (TPSA) is 12.4 Å². The van der Waals surface area contributed by atoms with E-state index in [-0.39, 0.29) is 0 Å². The zero-order valence-corrected chi connectivity index (χ0v) is 10.7. The molecule has 0 amide bonds. The molecule has 0 fully saturated rings. The molecule has 0 radical (unpaired) electrons. The maximum absolute atomic E-state index is 6.34. The van der Waals surface area contributed by atoms with E-state index in [1.54, 1.807) is 0 Å². The SMILES string of the molecule is C/C=C1\CCCC(/C=N\c2ccccc2)=C1Cl. The van der Waals surface area contributed by atoms with Crippen LogP contribution >= 0.6 is 11.6 Å². The molecule has 0 N–H and O–H groups in total. The molecule has 2 heteroatoms. The minimum atomic E-state index is 0.887. The van der Waals surface area contributed by atoms with Crippen LogP contribution in [-0.2, 0) is 0 Å². The maximum atomic E-state index is 6.34. The standard InChI is InChI=1S/C15H16ClN/c1-2-12-7-6-8-13(15(12)16)11-17-14-9-4-3-5-10-14/h2-5,9-11H,6-8H2,1H3/b12-2+,17-11-. The molecule has 0 aromatic heterocycles. The summed E-state index contributed by atoms with van der Waals surface area (Å²) in [7, 11) is 0. The van der Waals surface area contributed by atoms with Crippen molar-refractivity contribution < 1.29 is 0 Å². The Labute approximate surface area is 108 Å². The van der Waals surface area contributed by atoms with Crippen molar-refractivity contribution in [3.05, 3.63) is 52.6 Å². The first-order valence-corrected chi connectivity index (χ1v) is 6.32. The number of halogens is 1. The third-order valence-corrected chi connectivity index (χ3v) is 3.42. The molecule has 1 aromatic carbocycles. The fraction of sp³-hybridized carbons (Fsp3) is 0.267. The van der Waals surface area contributed by atoms with Gasteiger partial charge in [-0.1, -0.05) is 35.9 Å². The van der Waals surface area contributed by atoms with Crippen molar-refractivity contribution in [2.24, 2.45) is 4.99 Å². The third-order valence-electron chi connectivity index (χ3n) is 2.93. The van der Waals surface area contributed by atoms with Crippen molar-refractivity contribution >= 4 is 23.5 Å². The highest BCUT2D eigenvalue weighted by atomic mass is 35.5. The molecule has 17 heavy (non-hydrogen) atoms. The molecule has 88 valence electrons. The number of nitrogens with zero attached hydrogens (tertiary/aromatic N) is 1. The summed E-state index contributed by atoms with van der Waals surface area (Å²) in [5, 5.41) is 0.887. The van der Waals surface area contributed by atoms with E-state index in [1.165, 1.54) is 5.57 Å². The first-order chi connectivity index (χ1) is 8.31. The molecule has 0 saturated carbocycles. The largest absolute Gasteiger partial charge is 0.257 e. The molecule has 0 atom stereocenters. The van der Waals surface area contributed by atoms with Crippen LogP contribution in [0.1, 0.15) is 26.2 Å². The number of rotatable bonds is 2. The summed E-state index contributed by atoms with van der Waals surface area (Å²) < 4.78 is 0. The number of benzene rings is 1. The molecule has 2 rings (SSSR count). The van der Waals surface area contributed by atoms with Crippen LogP contribution < -0.4 is 0 Å². The molecule has 0 aliphatic heterocycles. The molecule has 0 heterocycles. The molecule has 0 spiro atoms. The average molecular weight is 246 g/mol. The van der Waals surface area contributed by atoms with E-state index in [1.807, 2.05) is 43.5 Å². The Morgan fingerprint density at radius 2 is 1.94 bits per heavy atom. The van der Waals surface area contributed by atoms with Crippen molar-refractivity contribution in [1.82, 2.24) is 0 Å². The monoisotopic (exact) mass is 245 g/mol. The van der Waals surface area contributed by atoms with Crippen molar-refractivity contribution in [3.63, 3.8) is 0 Å². The summed E-state index contributed by atoms with van der Waals surface area (Å²) in [5.74, 6) is 0. The fourth-order valence-electron chi connectivity index (χ4n) is 1.95. The van der Waals surface area contributed by atoms with Gasteiger partial charge in [-0.15, -0.1) is 0 Å². The van der Waals surface area contributed by atoms with Gasteiger partial charge < -0.3 is 0 Å². The van der Waals surface area contributed by atoms with Gasteiger partial charge in [0.15, 0.2) is 0 Å². The first kappa shape index (κ1) is 12.1. The summed E-state index contributed by atoms with van der Waals surface area (Å²) >= 11 is 6.34. The lowest BCUT2D eigenvalue weighted by Crippen LogP contribution is -2.00. The number of aliphatic imine (C=N–C) groups is 1. The summed E-state index contributed by atoms with van der Waals surface area (Å²) in [4.78, 5) is 4.45.